The minimum Gasteiger partial charge on any atom is -0.493 e. The Morgan fingerprint density at radius 3 is 2.52 bits per heavy atom. The molecule has 0 saturated carbocycles. The molecular weight excluding hydrogens is 316 g/mol. The number of sulfonamides is 1. The van der Waals surface area contributed by atoms with Crippen LogP contribution in [-0.2, 0) is 14.8 Å². The predicted octanol–water partition coefficient (Wildman–Crippen LogP) is 1.39. The summed E-state index contributed by atoms with van der Waals surface area (Å²) in [6.07, 6.45) is 1.65. The highest BCUT2D eigenvalue weighted by molar-refractivity contribution is 7.89. The van der Waals surface area contributed by atoms with Crippen LogP contribution in [0.2, 0.25) is 0 Å². The minimum absolute atomic E-state index is 0.0535. The van der Waals surface area contributed by atoms with Crippen LogP contribution >= 0.6 is 0 Å². The van der Waals surface area contributed by atoms with Gasteiger partial charge in [-0.2, -0.15) is 0 Å². The maximum Gasteiger partial charge on any atom is 0.225 e. The Kier molecular flexibility index (Phi) is 6.41. The lowest BCUT2D eigenvalue weighted by molar-refractivity contribution is -0.132. The van der Waals surface area contributed by atoms with E-state index in [0.29, 0.717) is 39.0 Å². The van der Waals surface area contributed by atoms with Crippen molar-refractivity contribution in [3.63, 3.8) is 0 Å². The summed E-state index contributed by atoms with van der Waals surface area (Å²) < 4.78 is 31.3. The van der Waals surface area contributed by atoms with Crippen LogP contribution in [0.4, 0.5) is 0 Å². The number of carbonyl (C=O) groups excluding carboxylic acids is 1. The summed E-state index contributed by atoms with van der Waals surface area (Å²) in [5, 5.41) is 0. The smallest absolute Gasteiger partial charge is 0.225 e. The molecule has 1 heterocycles. The highest BCUT2D eigenvalue weighted by Gasteiger charge is 2.25. The van der Waals surface area contributed by atoms with Crippen molar-refractivity contribution in [3.8, 4) is 5.75 Å². The fraction of sp³-hybridized carbons (Fsp3) is 0.562. The minimum atomic E-state index is -3.18. The Morgan fingerprint density at radius 1 is 1.26 bits per heavy atom. The van der Waals surface area contributed by atoms with Gasteiger partial charge in [0.1, 0.15) is 5.75 Å². The van der Waals surface area contributed by atoms with Gasteiger partial charge >= 0.3 is 0 Å². The molecule has 0 bridgehead atoms. The first-order chi connectivity index (χ1) is 11.0. The second kappa shape index (κ2) is 8.31. The van der Waals surface area contributed by atoms with Gasteiger partial charge in [0.2, 0.25) is 15.9 Å². The fourth-order valence-corrected chi connectivity index (χ4v) is 3.43. The van der Waals surface area contributed by atoms with Gasteiger partial charge in [-0.3, -0.25) is 4.79 Å². The van der Waals surface area contributed by atoms with E-state index >= 15 is 0 Å². The Balaban J connectivity index is 1.69. The quantitative estimate of drug-likeness (QED) is 0.814. The summed E-state index contributed by atoms with van der Waals surface area (Å²) in [7, 11) is -3.18. The highest BCUT2D eigenvalue weighted by atomic mass is 32.2. The Hall–Kier alpha value is -1.60. The maximum atomic E-state index is 12.1. The van der Waals surface area contributed by atoms with E-state index in [9.17, 15) is 13.2 Å². The molecule has 0 atom stereocenters. The van der Waals surface area contributed by atoms with Crippen LogP contribution in [0.5, 0.6) is 5.75 Å². The first-order valence-electron chi connectivity index (χ1n) is 7.96. The number of nitrogens with one attached hydrogen (secondary N) is 1. The molecule has 0 aromatic heterocycles. The van der Waals surface area contributed by atoms with Gasteiger partial charge in [-0.15, -0.1) is 0 Å². The van der Waals surface area contributed by atoms with Gasteiger partial charge < -0.3 is 9.64 Å². The molecule has 1 aromatic carbocycles. The number of likely N-dealkylation sites (tertiary alicyclic amines) is 1. The number of hydrogen-bond donors (Lipinski definition) is 1. The molecular formula is C16H24N2O4S. The van der Waals surface area contributed by atoms with E-state index in [4.69, 9.17) is 4.74 Å². The van der Waals surface area contributed by atoms with Gasteiger partial charge in [0.15, 0.2) is 0 Å². The van der Waals surface area contributed by atoms with Crippen LogP contribution in [0, 0.1) is 0 Å². The summed E-state index contributed by atoms with van der Waals surface area (Å²) in [5.41, 5.74) is 0. The number of carbonyl (C=O) groups is 1. The molecule has 0 spiro atoms. The lowest BCUT2D eigenvalue weighted by atomic mass is 10.1. The zero-order valence-electron chi connectivity index (χ0n) is 13.4. The SMILES string of the molecule is CCS(=O)(=O)NC1CCN(C(=O)CCOc2ccccc2)CC1. The van der Waals surface area contributed by atoms with Crippen LogP contribution < -0.4 is 9.46 Å². The summed E-state index contributed by atoms with van der Waals surface area (Å²) in [4.78, 5) is 13.9. The summed E-state index contributed by atoms with van der Waals surface area (Å²) in [6, 6.07) is 9.34. The Labute approximate surface area is 137 Å². The summed E-state index contributed by atoms with van der Waals surface area (Å²) >= 11 is 0. The number of nitrogens with zero attached hydrogens (tertiary/aromatic N) is 1. The van der Waals surface area contributed by atoms with Crippen molar-refractivity contribution < 1.29 is 17.9 Å². The molecule has 6 nitrogen and oxygen atoms in total. The average Bonchev–Trinajstić information content (AvgIpc) is 2.56. The molecule has 128 valence electrons. The molecule has 0 unspecified atom stereocenters. The third-order valence-corrected chi connectivity index (χ3v) is 5.35. The number of amides is 1. The number of ether oxygens (including phenoxy) is 1. The topological polar surface area (TPSA) is 75.7 Å². The van der Waals surface area contributed by atoms with Crippen LogP contribution in [0.1, 0.15) is 26.2 Å². The second-order valence-corrected chi connectivity index (χ2v) is 7.63. The maximum absolute atomic E-state index is 12.1. The van der Waals surface area contributed by atoms with Gasteiger partial charge in [-0.1, -0.05) is 18.2 Å². The zero-order chi connectivity index (χ0) is 16.7. The normalized spacial score (nSPS) is 16.3. The van der Waals surface area contributed by atoms with Crippen LogP contribution in [0.15, 0.2) is 30.3 Å². The number of hydrogen-bond acceptors (Lipinski definition) is 4. The average molecular weight is 340 g/mol. The van der Waals surface area contributed by atoms with Gasteiger partial charge in [-0.05, 0) is 31.9 Å². The molecule has 1 aliphatic heterocycles. The van der Waals surface area contributed by atoms with E-state index in [0.717, 1.165) is 5.75 Å². The van der Waals surface area contributed by atoms with Crippen molar-refractivity contribution in [2.45, 2.75) is 32.2 Å². The lowest BCUT2D eigenvalue weighted by Gasteiger charge is -2.32. The molecule has 1 fully saturated rings. The van der Waals surface area contributed by atoms with Gasteiger partial charge in [0.25, 0.3) is 0 Å². The van der Waals surface area contributed by atoms with Crippen LogP contribution in [-0.4, -0.2) is 50.7 Å². The van der Waals surface area contributed by atoms with E-state index in [1.54, 1.807) is 11.8 Å². The van der Waals surface area contributed by atoms with Crippen molar-refractivity contribution in [2.24, 2.45) is 0 Å². The first-order valence-corrected chi connectivity index (χ1v) is 9.61. The molecule has 1 aliphatic rings. The van der Waals surface area contributed by atoms with Gasteiger partial charge in [0, 0.05) is 19.1 Å². The fourth-order valence-electron chi connectivity index (χ4n) is 2.52. The van der Waals surface area contributed by atoms with E-state index < -0.39 is 10.0 Å². The summed E-state index contributed by atoms with van der Waals surface area (Å²) in [6.45, 7) is 3.14. The Bertz CT molecular complexity index is 596. The molecule has 1 N–H and O–H groups in total. The van der Waals surface area contributed by atoms with E-state index in [2.05, 4.69) is 4.72 Å². The van der Waals surface area contributed by atoms with Crippen molar-refractivity contribution in [1.82, 2.24) is 9.62 Å². The number of piperidine rings is 1. The molecule has 0 radical (unpaired) electrons. The number of rotatable bonds is 7. The molecule has 1 amide bonds. The Morgan fingerprint density at radius 2 is 1.91 bits per heavy atom. The molecule has 1 aromatic rings. The van der Waals surface area contributed by atoms with Crippen molar-refractivity contribution >= 4 is 15.9 Å². The molecule has 7 heteroatoms. The van der Waals surface area contributed by atoms with Crippen molar-refractivity contribution in [2.75, 3.05) is 25.4 Å². The van der Waals surface area contributed by atoms with Crippen LogP contribution in [0.3, 0.4) is 0 Å². The highest BCUT2D eigenvalue weighted by Crippen LogP contribution is 2.13. The predicted molar refractivity (Wildman–Crippen MR) is 88.8 cm³/mol. The van der Waals surface area contributed by atoms with E-state index in [1.165, 1.54) is 0 Å². The molecule has 23 heavy (non-hydrogen) atoms. The second-order valence-electron chi connectivity index (χ2n) is 5.59. The van der Waals surface area contributed by atoms with Crippen molar-refractivity contribution in [1.29, 1.82) is 0 Å². The van der Waals surface area contributed by atoms with E-state index in [1.807, 2.05) is 30.3 Å². The third-order valence-electron chi connectivity index (χ3n) is 3.90. The molecule has 0 aliphatic carbocycles. The number of para-hydroxylation sites is 1. The lowest BCUT2D eigenvalue weighted by Crippen LogP contribution is -2.47. The third kappa shape index (κ3) is 5.84. The van der Waals surface area contributed by atoms with Crippen molar-refractivity contribution in [3.05, 3.63) is 30.3 Å². The number of benzene rings is 1. The molecule has 2 rings (SSSR count). The zero-order valence-corrected chi connectivity index (χ0v) is 14.2. The molecule has 1 saturated heterocycles. The standard InChI is InChI=1S/C16H24N2O4S/c1-2-23(20,21)17-14-8-11-18(12-9-14)16(19)10-13-22-15-6-4-3-5-7-15/h3-7,14,17H,2,8-13H2,1H3. The van der Waals surface area contributed by atoms with E-state index in [-0.39, 0.29) is 17.7 Å². The van der Waals surface area contributed by atoms with Crippen LogP contribution in [0.25, 0.3) is 0 Å². The largest absolute Gasteiger partial charge is 0.493 e. The summed E-state index contributed by atoms with van der Waals surface area (Å²) in [5.74, 6) is 0.897. The monoisotopic (exact) mass is 340 g/mol. The van der Waals surface area contributed by atoms with Gasteiger partial charge in [-0.25, -0.2) is 13.1 Å². The van der Waals surface area contributed by atoms with Gasteiger partial charge in [0.05, 0.1) is 18.8 Å². The first kappa shape index (κ1) is 17.7.